The van der Waals surface area contributed by atoms with Crippen LogP contribution in [0, 0.1) is 0 Å². The first-order chi connectivity index (χ1) is 10.3. The summed E-state index contributed by atoms with van der Waals surface area (Å²) in [5.74, 6) is -0.129. The number of anilines is 2. The van der Waals surface area contributed by atoms with Crippen LogP contribution in [0.25, 0.3) is 0 Å². The minimum Gasteiger partial charge on any atom is -0.381 e. The monoisotopic (exact) mass is 289 g/mol. The zero-order valence-corrected chi connectivity index (χ0v) is 12.5. The van der Waals surface area contributed by atoms with E-state index >= 15 is 0 Å². The number of nitrogens with zero attached hydrogens (tertiary/aromatic N) is 1. The summed E-state index contributed by atoms with van der Waals surface area (Å²) in [5.41, 5.74) is 1.93. The predicted molar refractivity (Wildman–Crippen MR) is 83.6 cm³/mol. The van der Waals surface area contributed by atoms with E-state index in [1.54, 1.807) is 0 Å². The van der Waals surface area contributed by atoms with Crippen molar-refractivity contribution in [3.63, 3.8) is 0 Å². The van der Waals surface area contributed by atoms with Crippen LogP contribution in [0.15, 0.2) is 24.3 Å². The Morgan fingerprint density at radius 1 is 1.24 bits per heavy atom. The van der Waals surface area contributed by atoms with Crippen molar-refractivity contribution in [3.05, 3.63) is 24.3 Å². The number of hydrogen-bond acceptors (Lipinski definition) is 4. The van der Waals surface area contributed by atoms with Crippen LogP contribution in [0.3, 0.4) is 0 Å². The highest BCUT2D eigenvalue weighted by molar-refractivity contribution is 5.91. The van der Waals surface area contributed by atoms with Crippen molar-refractivity contribution < 1.29 is 9.53 Å². The molecule has 2 saturated heterocycles. The molecule has 2 fully saturated rings. The van der Waals surface area contributed by atoms with E-state index in [0.29, 0.717) is 12.1 Å². The molecule has 5 nitrogen and oxygen atoms in total. The lowest BCUT2D eigenvalue weighted by Gasteiger charge is -2.22. The fourth-order valence-electron chi connectivity index (χ4n) is 3.44. The van der Waals surface area contributed by atoms with E-state index in [2.05, 4.69) is 15.5 Å². The first-order valence-electron chi connectivity index (χ1n) is 7.66. The molecule has 2 aliphatic rings. The Balaban J connectivity index is 1.56. The zero-order chi connectivity index (χ0) is 14.7. The van der Waals surface area contributed by atoms with E-state index < -0.39 is 0 Å². The number of methoxy groups -OCH3 is 1. The van der Waals surface area contributed by atoms with Crippen LogP contribution in [-0.2, 0) is 9.53 Å². The number of carbonyl (C=O) groups is 1. The number of hydrogen-bond donors (Lipinski definition) is 2. The largest absolute Gasteiger partial charge is 0.381 e. The minimum atomic E-state index is -0.129. The normalized spacial score (nSPS) is 24.8. The van der Waals surface area contributed by atoms with Gasteiger partial charge in [-0.25, -0.2) is 0 Å². The molecular weight excluding hydrogens is 266 g/mol. The molecule has 21 heavy (non-hydrogen) atoms. The standard InChI is InChI=1S/C16H23N3O2/c1-21-11-16(20)18-13-6-4-12(5-7-13)17-14-8-10-19-9-2-3-15(14)19/h4-7,14-15,17H,2-3,8-11H2,1H3,(H,18,20). The van der Waals surface area contributed by atoms with Gasteiger partial charge >= 0.3 is 0 Å². The Labute approximate surface area is 125 Å². The van der Waals surface area contributed by atoms with Crippen molar-refractivity contribution in [2.75, 3.05) is 37.4 Å². The molecule has 1 aromatic rings. The third-order valence-corrected chi connectivity index (χ3v) is 4.40. The van der Waals surface area contributed by atoms with E-state index in [1.807, 2.05) is 24.3 Å². The van der Waals surface area contributed by atoms with Gasteiger partial charge in [0.2, 0.25) is 5.91 Å². The lowest BCUT2D eigenvalue weighted by atomic mass is 10.1. The summed E-state index contributed by atoms with van der Waals surface area (Å²) >= 11 is 0. The second-order valence-electron chi connectivity index (χ2n) is 5.84. The lowest BCUT2D eigenvalue weighted by molar-refractivity contribution is -0.119. The second kappa shape index (κ2) is 6.45. The second-order valence-corrected chi connectivity index (χ2v) is 5.84. The molecule has 0 aromatic heterocycles. The van der Waals surface area contributed by atoms with Gasteiger partial charge in [0, 0.05) is 37.1 Å². The maximum Gasteiger partial charge on any atom is 0.250 e. The molecule has 3 rings (SSSR count). The Kier molecular flexibility index (Phi) is 4.41. The van der Waals surface area contributed by atoms with Gasteiger partial charge in [0.1, 0.15) is 6.61 Å². The number of benzene rings is 1. The first-order valence-corrected chi connectivity index (χ1v) is 7.66. The van der Waals surface area contributed by atoms with Gasteiger partial charge in [0.25, 0.3) is 0 Å². The molecule has 2 heterocycles. The number of rotatable bonds is 5. The fourth-order valence-corrected chi connectivity index (χ4v) is 3.44. The predicted octanol–water partition coefficient (Wildman–Crippen LogP) is 1.92. The molecule has 2 atom stereocenters. The summed E-state index contributed by atoms with van der Waals surface area (Å²) in [6.45, 7) is 2.56. The van der Waals surface area contributed by atoms with Gasteiger partial charge in [0.15, 0.2) is 0 Å². The molecule has 0 radical (unpaired) electrons. The molecule has 114 valence electrons. The molecular formula is C16H23N3O2. The van der Waals surface area contributed by atoms with E-state index in [4.69, 9.17) is 4.74 Å². The van der Waals surface area contributed by atoms with Crippen molar-refractivity contribution in [1.29, 1.82) is 0 Å². The average Bonchev–Trinajstić information content (AvgIpc) is 3.06. The van der Waals surface area contributed by atoms with Gasteiger partial charge in [0.05, 0.1) is 0 Å². The lowest BCUT2D eigenvalue weighted by Crippen LogP contribution is -2.33. The highest BCUT2D eigenvalue weighted by Crippen LogP contribution is 2.30. The van der Waals surface area contributed by atoms with Crippen LogP contribution >= 0.6 is 0 Å². The Morgan fingerprint density at radius 2 is 2.00 bits per heavy atom. The summed E-state index contributed by atoms with van der Waals surface area (Å²) < 4.78 is 4.80. The number of ether oxygens (including phenoxy) is 1. The van der Waals surface area contributed by atoms with Gasteiger partial charge in [-0.2, -0.15) is 0 Å². The summed E-state index contributed by atoms with van der Waals surface area (Å²) in [7, 11) is 1.51. The summed E-state index contributed by atoms with van der Waals surface area (Å²) in [6, 6.07) is 9.17. The topological polar surface area (TPSA) is 53.6 Å². The van der Waals surface area contributed by atoms with Crippen molar-refractivity contribution in [1.82, 2.24) is 4.90 Å². The van der Waals surface area contributed by atoms with Crippen LogP contribution in [0.5, 0.6) is 0 Å². The van der Waals surface area contributed by atoms with Crippen molar-refractivity contribution in [2.24, 2.45) is 0 Å². The number of fused-ring (bicyclic) bond motifs is 1. The van der Waals surface area contributed by atoms with Crippen LogP contribution in [0.2, 0.25) is 0 Å². The van der Waals surface area contributed by atoms with Crippen LogP contribution in [0.4, 0.5) is 11.4 Å². The van der Waals surface area contributed by atoms with Crippen molar-refractivity contribution >= 4 is 17.3 Å². The number of amides is 1. The molecule has 2 unspecified atom stereocenters. The average molecular weight is 289 g/mol. The molecule has 2 N–H and O–H groups in total. The highest BCUT2D eigenvalue weighted by Gasteiger charge is 2.36. The van der Waals surface area contributed by atoms with E-state index in [1.165, 1.54) is 39.5 Å². The molecule has 1 aromatic carbocycles. The zero-order valence-electron chi connectivity index (χ0n) is 12.5. The third-order valence-electron chi connectivity index (χ3n) is 4.40. The Hall–Kier alpha value is -1.59. The highest BCUT2D eigenvalue weighted by atomic mass is 16.5. The molecule has 5 heteroatoms. The van der Waals surface area contributed by atoms with Gasteiger partial charge in [-0.1, -0.05) is 0 Å². The summed E-state index contributed by atoms with van der Waals surface area (Å²) in [6.07, 6.45) is 3.85. The first kappa shape index (κ1) is 14.4. The van der Waals surface area contributed by atoms with E-state index in [9.17, 15) is 4.79 Å². The Morgan fingerprint density at radius 3 is 2.76 bits per heavy atom. The van der Waals surface area contributed by atoms with E-state index in [-0.39, 0.29) is 12.5 Å². The van der Waals surface area contributed by atoms with Gasteiger partial charge in [-0.05, 0) is 50.1 Å². The fraction of sp³-hybridized carbons (Fsp3) is 0.562. The quantitative estimate of drug-likeness (QED) is 0.869. The van der Waals surface area contributed by atoms with Gasteiger partial charge < -0.3 is 15.4 Å². The molecule has 0 saturated carbocycles. The van der Waals surface area contributed by atoms with E-state index in [0.717, 1.165) is 11.4 Å². The van der Waals surface area contributed by atoms with Gasteiger partial charge in [-0.15, -0.1) is 0 Å². The third kappa shape index (κ3) is 3.36. The molecule has 0 bridgehead atoms. The Bertz CT molecular complexity index is 489. The van der Waals surface area contributed by atoms with Crippen molar-refractivity contribution in [2.45, 2.75) is 31.3 Å². The SMILES string of the molecule is COCC(=O)Nc1ccc(NC2CCN3CCCC23)cc1. The molecule has 0 spiro atoms. The number of nitrogens with one attached hydrogen (secondary N) is 2. The van der Waals surface area contributed by atoms with Gasteiger partial charge in [-0.3, -0.25) is 9.69 Å². The van der Waals surface area contributed by atoms with Crippen LogP contribution in [-0.4, -0.2) is 49.7 Å². The smallest absolute Gasteiger partial charge is 0.250 e. The molecule has 1 amide bonds. The molecule has 0 aliphatic carbocycles. The minimum absolute atomic E-state index is 0.0829. The molecule has 2 aliphatic heterocycles. The van der Waals surface area contributed by atoms with Crippen LogP contribution < -0.4 is 10.6 Å². The van der Waals surface area contributed by atoms with Crippen molar-refractivity contribution in [3.8, 4) is 0 Å². The maximum absolute atomic E-state index is 11.4. The van der Waals surface area contributed by atoms with Crippen LogP contribution in [0.1, 0.15) is 19.3 Å². The number of carbonyl (C=O) groups excluding carboxylic acids is 1. The summed E-state index contributed by atoms with van der Waals surface area (Å²) in [5, 5.41) is 6.44. The summed E-state index contributed by atoms with van der Waals surface area (Å²) in [4.78, 5) is 14.0. The maximum atomic E-state index is 11.4.